The van der Waals surface area contributed by atoms with Gasteiger partial charge < -0.3 is 5.32 Å². The Bertz CT molecular complexity index is 708. The molecule has 1 aliphatic rings. The first-order valence-corrected chi connectivity index (χ1v) is 9.27. The smallest absolute Gasteiger partial charge is 0.270 e. The molecular formula is C20H28N4O. The molecule has 1 aromatic carbocycles. The maximum atomic E-state index is 12.8. The molecule has 1 aromatic heterocycles. The van der Waals surface area contributed by atoms with E-state index in [-0.39, 0.29) is 11.8 Å². The number of benzene rings is 1. The minimum Gasteiger partial charge on any atom is -0.349 e. The fourth-order valence-corrected chi connectivity index (χ4v) is 3.45. The summed E-state index contributed by atoms with van der Waals surface area (Å²) in [7, 11) is 0. The van der Waals surface area contributed by atoms with Gasteiger partial charge in [0.15, 0.2) is 0 Å². The van der Waals surface area contributed by atoms with Gasteiger partial charge in [-0.15, -0.1) is 0 Å². The van der Waals surface area contributed by atoms with Gasteiger partial charge in [0.05, 0.1) is 11.4 Å². The zero-order chi connectivity index (χ0) is 17.8. The standard InChI is InChI=1S/C20H28N4O/c1-4-23-12-8-11-17(23)14-21-20(25)19-13-18(15(2)3)22-24(19)16-9-6-5-7-10-16/h5-7,9-10,13,15,17H,4,8,11-12,14H2,1-3H3,(H,21,25). The molecule has 1 N–H and O–H groups in total. The highest BCUT2D eigenvalue weighted by atomic mass is 16.2. The Morgan fingerprint density at radius 1 is 1.32 bits per heavy atom. The van der Waals surface area contributed by atoms with E-state index in [4.69, 9.17) is 0 Å². The molecular weight excluding hydrogens is 312 g/mol. The van der Waals surface area contributed by atoms with E-state index >= 15 is 0 Å². The van der Waals surface area contributed by atoms with Gasteiger partial charge in [0.2, 0.25) is 0 Å². The molecule has 2 aromatic rings. The summed E-state index contributed by atoms with van der Waals surface area (Å²) in [5.74, 6) is 0.230. The van der Waals surface area contributed by atoms with Crippen LogP contribution in [0.3, 0.4) is 0 Å². The van der Waals surface area contributed by atoms with Crippen molar-refractivity contribution < 1.29 is 4.79 Å². The molecule has 0 aliphatic carbocycles. The number of carbonyl (C=O) groups excluding carboxylic acids is 1. The number of hydrogen-bond acceptors (Lipinski definition) is 3. The van der Waals surface area contributed by atoms with Gasteiger partial charge in [0.1, 0.15) is 5.69 Å². The van der Waals surface area contributed by atoms with Crippen LogP contribution in [0.2, 0.25) is 0 Å². The molecule has 1 unspecified atom stereocenters. The third-order valence-electron chi connectivity index (χ3n) is 4.96. The molecule has 134 valence electrons. The SMILES string of the molecule is CCN1CCCC1CNC(=O)c1cc(C(C)C)nn1-c1ccccc1. The Morgan fingerprint density at radius 2 is 2.08 bits per heavy atom. The second kappa shape index (κ2) is 7.83. The quantitative estimate of drug-likeness (QED) is 0.878. The highest BCUT2D eigenvalue weighted by Gasteiger charge is 2.24. The molecule has 0 radical (unpaired) electrons. The topological polar surface area (TPSA) is 50.2 Å². The van der Waals surface area contributed by atoms with Crippen LogP contribution in [0.1, 0.15) is 55.7 Å². The van der Waals surface area contributed by atoms with Crippen LogP contribution in [0.4, 0.5) is 0 Å². The summed E-state index contributed by atoms with van der Waals surface area (Å²) in [4.78, 5) is 15.3. The lowest BCUT2D eigenvalue weighted by Crippen LogP contribution is -2.40. The Morgan fingerprint density at radius 3 is 2.76 bits per heavy atom. The molecule has 1 atom stereocenters. The van der Waals surface area contributed by atoms with Crippen LogP contribution in [0.25, 0.3) is 5.69 Å². The molecule has 1 fully saturated rings. The molecule has 3 rings (SSSR count). The molecule has 5 heteroatoms. The number of likely N-dealkylation sites (tertiary alicyclic amines) is 1. The molecule has 0 bridgehead atoms. The zero-order valence-electron chi connectivity index (χ0n) is 15.4. The summed E-state index contributed by atoms with van der Waals surface area (Å²) in [5, 5.41) is 7.78. The number of carbonyl (C=O) groups is 1. The van der Waals surface area contributed by atoms with Crippen molar-refractivity contribution in [1.82, 2.24) is 20.0 Å². The lowest BCUT2D eigenvalue weighted by atomic mass is 10.1. The zero-order valence-corrected chi connectivity index (χ0v) is 15.4. The number of para-hydroxylation sites is 1. The fraction of sp³-hybridized carbons (Fsp3) is 0.500. The van der Waals surface area contributed by atoms with Crippen molar-refractivity contribution in [1.29, 1.82) is 0 Å². The number of amides is 1. The van der Waals surface area contributed by atoms with Gasteiger partial charge in [0.25, 0.3) is 5.91 Å². The summed E-state index contributed by atoms with van der Waals surface area (Å²) in [5.41, 5.74) is 2.46. The summed E-state index contributed by atoms with van der Waals surface area (Å²) in [6, 6.07) is 12.2. The predicted molar refractivity (Wildman–Crippen MR) is 100 cm³/mol. The normalized spacial score (nSPS) is 18.0. The minimum absolute atomic E-state index is 0.0498. The molecule has 1 saturated heterocycles. The van der Waals surface area contributed by atoms with E-state index < -0.39 is 0 Å². The highest BCUT2D eigenvalue weighted by Crippen LogP contribution is 2.19. The van der Waals surface area contributed by atoms with Crippen molar-refractivity contribution in [3.05, 3.63) is 47.8 Å². The van der Waals surface area contributed by atoms with Gasteiger partial charge in [-0.1, -0.05) is 39.0 Å². The first-order valence-electron chi connectivity index (χ1n) is 9.27. The third kappa shape index (κ3) is 3.93. The molecule has 2 heterocycles. The summed E-state index contributed by atoms with van der Waals surface area (Å²) < 4.78 is 1.76. The van der Waals surface area contributed by atoms with Gasteiger partial charge in [0, 0.05) is 12.6 Å². The van der Waals surface area contributed by atoms with Gasteiger partial charge in [-0.25, -0.2) is 4.68 Å². The predicted octanol–water partition coefficient (Wildman–Crippen LogP) is 3.21. The minimum atomic E-state index is -0.0498. The Hall–Kier alpha value is -2.14. The molecule has 25 heavy (non-hydrogen) atoms. The van der Waals surface area contributed by atoms with E-state index in [2.05, 4.69) is 36.1 Å². The van der Waals surface area contributed by atoms with Crippen LogP contribution in [-0.2, 0) is 0 Å². The number of nitrogens with zero attached hydrogens (tertiary/aromatic N) is 3. The van der Waals surface area contributed by atoms with Crippen LogP contribution < -0.4 is 5.32 Å². The maximum absolute atomic E-state index is 12.8. The van der Waals surface area contributed by atoms with Crippen LogP contribution in [0, 0.1) is 0 Å². The van der Waals surface area contributed by atoms with Gasteiger partial charge >= 0.3 is 0 Å². The number of rotatable bonds is 6. The van der Waals surface area contributed by atoms with Crippen molar-refractivity contribution >= 4 is 5.91 Å². The molecule has 5 nitrogen and oxygen atoms in total. The van der Waals surface area contributed by atoms with E-state index in [0.29, 0.717) is 18.3 Å². The second-order valence-corrected chi connectivity index (χ2v) is 6.99. The van der Waals surface area contributed by atoms with Crippen LogP contribution in [-0.4, -0.2) is 46.3 Å². The Balaban J connectivity index is 1.79. The van der Waals surface area contributed by atoms with Crippen molar-refractivity contribution in [3.8, 4) is 5.69 Å². The maximum Gasteiger partial charge on any atom is 0.270 e. The number of likely N-dealkylation sites (N-methyl/N-ethyl adjacent to an activating group) is 1. The highest BCUT2D eigenvalue weighted by molar-refractivity contribution is 5.93. The Kier molecular flexibility index (Phi) is 5.53. The first kappa shape index (κ1) is 17.7. The van der Waals surface area contributed by atoms with Gasteiger partial charge in [-0.3, -0.25) is 9.69 Å². The Labute approximate surface area is 150 Å². The number of hydrogen-bond donors (Lipinski definition) is 1. The van der Waals surface area contributed by atoms with Crippen molar-refractivity contribution in [2.24, 2.45) is 0 Å². The second-order valence-electron chi connectivity index (χ2n) is 6.99. The van der Waals surface area contributed by atoms with E-state index in [1.165, 1.54) is 6.42 Å². The monoisotopic (exact) mass is 340 g/mol. The van der Waals surface area contributed by atoms with Crippen molar-refractivity contribution in [2.45, 2.75) is 45.6 Å². The average Bonchev–Trinajstić information content (AvgIpc) is 3.27. The van der Waals surface area contributed by atoms with Crippen LogP contribution in [0.15, 0.2) is 36.4 Å². The third-order valence-corrected chi connectivity index (χ3v) is 4.96. The first-order chi connectivity index (χ1) is 12.1. The lowest BCUT2D eigenvalue weighted by Gasteiger charge is -2.22. The number of nitrogens with one attached hydrogen (secondary N) is 1. The van der Waals surface area contributed by atoms with Crippen LogP contribution in [0.5, 0.6) is 0 Å². The van der Waals surface area contributed by atoms with Gasteiger partial charge in [-0.2, -0.15) is 5.10 Å². The van der Waals surface area contributed by atoms with Crippen molar-refractivity contribution in [2.75, 3.05) is 19.6 Å². The summed E-state index contributed by atoms with van der Waals surface area (Å²) >= 11 is 0. The lowest BCUT2D eigenvalue weighted by molar-refractivity contribution is 0.0933. The van der Waals surface area contributed by atoms with E-state index in [0.717, 1.165) is 30.9 Å². The van der Waals surface area contributed by atoms with Crippen molar-refractivity contribution in [3.63, 3.8) is 0 Å². The van der Waals surface area contributed by atoms with E-state index in [1.54, 1.807) is 4.68 Å². The largest absolute Gasteiger partial charge is 0.349 e. The van der Waals surface area contributed by atoms with Gasteiger partial charge in [-0.05, 0) is 50.0 Å². The molecule has 1 aliphatic heterocycles. The number of aromatic nitrogens is 2. The van der Waals surface area contributed by atoms with E-state index in [9.17, 15) is 4.79 Å². The van der Waals surface area contributed by atoms with E-state index in [1.807, 2.05) is 36.4 Å². The molecule has 1 amide bonds. The summed E-state index contributed by atoms with van der Waals surface area (Å²) in [6.45, 7) is 9.24. The van der Waals surface area contributed by atoms with Crippen LogP contribution >= 0.6 is 0 Å². The molecule has 0 saturated carbocycles. The average molecular weight is 340 g/mol. The fourth-order valence-electron chi connectivity index (χ4n) is 3.45. The summed E-state index contributed by atoms with van der Waals surface area (Å²) in [6.07, 6.45) is 2.37. The molecule has 0 spiro atoms.